The number of piperidine rings is 1. The molecular formula is C28H28N6O3S. The molecular weight excluding hydrogens is 500 g/mol. The zero-order valence-electron chi connectivity index (χ0n) is 20.6. The number of hydrogen-bond donors (Lipinski definition) is 5. The summed E-state index contributed by atoms with van der Waals surface area (Å²) in [7, 11) is 0. The summed E-state index contributed by atoms with van der Waals surface area (Å²) in [4.78, 5) is 32.2. The van der Waals surface area contributed by atoms with E-state index in [9.17, 15) is 9.59 Å². The van der Waals surface area contributed by atoms with Crippen LogP contribution < -0.4 is 32.6 Å². The van der Waals surface area contributed by atoms with Gasteiger partial charge in [-0.05, 0) is 55.3 Å². The number of aromatic nitrogens is 1. The van der Waals surface area contributed by atoms with E-state index in [1.54, 1.807) is 24.3 Å². The van der Waals surface area contributed by atoms with E-state index < -0.39 is 17.4 Å². The molecule has 2 aromatic heterocycles. The van der Waals surface area contributed by atoms with Gasteiger partial charge in [-0.15, -0.1) is 11.3 Å². The number of nitrogen functional groups attached to an aromatic ring is 1. The Morgan fingerprint density at radius 3 is 2.66 bits per heavy atom. The number of benzene rings is 2. The quantitative estimate of drug-likeness (QED) is 0.247. The summed E-state index contributed by atoms with van der Waals surface area (Å²) in [6.45, 7) is 1.64. The molecule has 1 amide bonds. The normalized spacial score (nSPS) is 22.8. The zero-order valence-corrected chi connectivity index (χ0v) is 21.4. The van der Waals surface area contributed by atoms with Crippen LogP contribution in [0.15, 0.2) is 60.8 Å². The van der Waals surface area contributed by atoms with Crippen molar-refractivity contribution in [1.82, 2.24) is 15.6 Å². The molecule has 1 saturated heterocycles. The number of amides is 1. The Labute approximate surface area is 223 Å². The summed E-state index contributed by atoms with van der Waals surface area (Å²) in [6, 6.07) is 15.1. The van der Waals surface area contributed by atoms with Crippen molar-refractivity contribution in [1.29, 1.82) is 0 Å². The molecule has 4 aromatic rings. The minimum Gasteiger partial charge on any atom is -0.456 e. The van der Waals surface area contributed by atoms with Crippen molar-refractivity contribution in [2.45, 2.75) is 30.5 Å². The topological polar surface area (TPSA) is 158 Å². The summed E-state index contributed by atoms with van der Waals surface area (Å²) in [5.74, 6) is 0.477. The van der Waals surface area contributed by atoms with E-state index in [-0.39, 0.29) is 11.9 Å². The van der Waals surface area contributed by atoms with Gasteiger partial charge < -0.3 is 32.6 Å². The van der Waals surface area contributed by atoms with Crippen LogP contribution in [0.3, 0.4) is 0 Å². The summed E-state index contributed by atoms with van der Waals surface area (Å²) in [5.41, 5.74) is 20.0. The molecule has 0 bridgehead atoms. The molecule has 3 unspecified atom stereocenters. The molecule has 8 N–H and O–H groups in total. The second-order valence-electron chi connectivity index (χ2n) is 9.71. The average Bonchev–Trinajstić information content (AvgIpc) is 3.35. The van der Waals surface area contributed by atoms with Crippen molar-refractivity contribution in [3.05, 3.63) is 82.5 Å². The number of ketones is 1. The maximum Gasteiger partial charge on any atom is 0.262 e. The minimum absolute atomic E-state index is 0.00964. The molecule has 0 spiro atoms. The lowest BCUT2D eigenvalue weighted by atomic mass is 9.72. The van der Waals surface area contributed by atoms with Crippen LogP contribution >= 0.6 is 11.3 Å². The molecule has 1 aliphatic carbocycles. The number of nitrogens with zero attached hydrogens (tertiary/aromatic N) is 1. The van der Waals surface area contributed by atoms with Gasteiger partial charge in [-0.2, -0.15) is 0 Å². The van der Waals surface area contributed by atoms with Gasteiger partial charge in [0.25, 0.3) is 5.91 Å². The fourth-order valence-corrected chi connectivity index (χ4v) is 6.54. The Morgan fingerprint density at radius 2 is 1.95 bits per heavy atom. The van der Waals surface area contributed by atoms with Gasteiger partial charge in [-0.1, -0.05) is 24.3 Å². The lowest BCUT2D eigenvalue weighted by Crippen LogP contribution is -2.53. The largest absolute Gasteiger partial charge is 0.456 e. The fourth-order valence-electron chi connectivity index (χ4n) is 5.34. The third kappa shape index (κ3) is 3.93. The minimum atomic E-state index is -1.62. The molecule has 3 heterocycles. The van der Waals surface area contributed by atoms with E-state index in [0.29, 0.717) is 55.5 Å². The van der Waals surface area contributed by atoms with Crippen LogP contribution in [0, 0.1) is 0 Å². The van der Waals surface area contributed by atoms with Gasteiger partial charge in [0.1, 0.15) is 17.0 Å². The number of ether oxygens (including phenoxy) is 1. The maximum absolute atomic E-state index is 13.9. The Morgan fingerprint density at radius 1 is 1.13 bits per heavy atom. The fraction of sp³-hybridized carbons (Fsp3) is 0.250. The Hall–Kier alpha value is -3.83. The highest BCUT2D eigenvalue weighted by Crippen LogP contribution is 2.49. The molecule has 10 heteroatoms. The molecule has 38 heavy (non-hydrogen) atoms. The second kappa shape index (κ2) is 9.48. The van der Waals surface area contributed by atoms with Gasteiger partial charge in [-0.25, -0.2) is 0 Å². The molecule has 1 fully saturated rings. The highest BCUT2D eigenvalue weighted by molar-refractivity contribution is 7.21. The standard InChI is InChI=1S/C28H28N6O3S/c29-19-10-9-18-21-22(25(38-24(19)21)27(36)34-15-5-4-12-32-13-15)23(30)26(35)28(18,31)20-11-8-17(14-33-20)37-16-6-2-1-3-7-16/h1-3,6-11,14-15,23,32H,4-5,12-13,29-31H2,(H,34,36). The first-order valence-corrected chi connectivity index (χ1v) is 13.3. The summed E-state index contributed by atoms with van der Waals surface area (Å²) in [6.07, 6.45) is 3.40. The number of para-hydroxylation sites is 1. The number of carbonyl (C=O) groups excluding carboxylic acids is 2. The van der Waals surface area contributed by atoms with Crippen molar-refractivity contribution in [2.75, 3.05) is 18.8 Å². The summed E-state index contributed by atoms with van der Waals surface area (Å²) >= 11 is 1.25. The SMILES string of the molecule is Nc1ccc2c3c(c(C(=O)NC4CCCNC4)sc13)C(N)C(=O)C2(N)c1ccc(Oc2ccccc2)cn1. The number of hydrogen-bond acceptors (Lipinski definition) is 9. The number of thiophene rings is 1. The van der Waals surface area contributed by atoms with Gasteiger partial charge in [0.15, 0.2) is 5.78 Å². The third-order valence-corrected chi connectivity index (χ3v) is 8.52. The van der Waals surface area contributed by atoms with Crippen LogP contribution in [0.1, 0.15) is 45.4 Å². The second-order valence-corrected chi connectivity index (χ2v) is 10.7. The smallest absolute Gasteiger partial charge is 0.262 e. The van der Waals surface area contributed by atoms with Crippen molar-refractivity contribution in [3.63, 3.8) is 0 Å². The van der Waals surface area contributed by atoms with Gasteiger partial charge >= 0.3 is 0 Å². The third-order valence-electron chi connectivity index (χ3n) is 7.27. The van der Waals surface area contributed by atoms with Crippen LogP contribution in [-0.2, 0) is 10.3 Å². The van der Waals surface area contributed by atoms with Gasteiger partial charge in [0, 0.05) is 29.2 Å². The number of anilines is 1. The van der Waals surface area contributed by atoms with Crippen LogP contribution in [0.2, 0.25) is 0 Å². The zero-order chi connectivity index (χ0) is 26.4. The van der Waals surface area contributed by atoms with E-state index in [1.165, 1.54) is 17.5 Å². The number of carbonyl (C=O) groups is 2. The summed E-state index contributed by atoms with van der Waals surface area (Å²) < 4.78 is 6.53. The van der Waals surface area contributed by atoms with Gasteiger partial charge in [0.2, 0.25) is 0 Å². The first-order valence-electron chi connectivity index (χ1n) is 12.5. The Balaban J connectivity index is 1.41. The van der Waals surface area contributed by atoms with Crippen LogP contribution in [0.5, 0.6) is 11.5 Å². The number of Topliss-reactive ketones (excluding diaryl/α,β-unsaturated/α-hetero) is 1. The lowest BCUT2D eigenvalue weighted by molar-refractivity contribution is -0.124. The van der Waals surface area contributed by atoms with Crippen molar-refractivity contribution >= 4 is 38.8 Å². The predicted molar refractivity (Wildman–Crippen MR) is 147 cm³/mol. The van der Waals surface area contributed by atoms with E-state index in [1.807, 2.05) is 30.3 Å². The summed E-state index contributed by atoms with van der Waals surface area (Å²) in [5, 5.41) is 7.04. The molecule has 194 valence electrons. The number of nitrogens with two attached hydrogens (primary N) is 3. The highest BCUT2D eigenvalue weighted by atomic mass is 32.1. The van der Waals surface area contributed by atoms with Crippen LogP contribution in [0.25, 0.3) is 10.1 Å². The van der Waals surface area contributed by atoms with E-state index >= 15 is 0 Å². The van der Waals surface area contributed by atoms with E-state index in [0.717, 1.165) is 19.4 Å². The average molecular weight is 529 g/mol. The highest BCUT2D eigenvalue weighted by Gasteiger charge is 2.49. The maximum atomic E-state index is 13.9. The van der Waals surface area contributed by atoms with Gasteiger partial charge in [0.05, 0.1) is 27.5 Å². The number of nitrogens with one attached hydrogen (secondary N) is 2. The van der Waals surface area contributed by atoms with Crippen molar-refractivity contribution < 1.29 is 14.3 Å². The number of pyridine rings is 1. The van der Waals surface area contributed by atoms with Gasteiger partial charge in [-0.3, -0.25) is 14.6 Å². The van der Waals surface area contributed by atoms with E-state index in [2.05, 4.69) is 15.6 Å². The Bertz CT molecular complexity index is 1530. The van der Waals surface area contributed by atoms with Crippen LogP contribution in [0.4, 0.5) is 5.69 Å². The molecule has 0 saturated carbocycles. The molecule has 1 aliphatic heterocycles. The van der Waals surface area contributed by atoms with E-state index in [4.69, 9.17) is 21.9 Å². The molecule has 3 atom stereocenters. The molecule has 2 aromatic carbocycles. The first-order chi connectivity index (χ1) is 18.4. The lowest BCUT2D eigenvalue weighted by Gasteiger charge is -2.35. The molecule has 2 aliphatic rings. The number of rotatable bonds is 5. The Kier molecular flexibility index (Phi) is 6.11. The van der Waals surface area contributed by atoms with Crippen molar-refractivity contribution in [2.24, 2.45) is 11.5 Å². The molecule has 9 nitrogen and oxygen atoms in total. The predicted octanol–water partition coefficient (Wildman–Crippen LogP) is 2.94. The monoisotopic (exact) mass is 528 g/mol. The van der Waals surface area contributed by atoms with Crippen molar-refractivity contribution in [3.8, 4) is 11.5 Å². The molecule has 0 radical (unpaired) electrons. The van der Waals surface area contributed by atoms with Crippen LogP contribution in [-0.4, -0.2) is 35.8 Å². The first kappa shape index (κ1) is 24.5. The molecule has 6 rings (SSSR count).